The van der Waals surface area contributed by atoms with Gasteiger partial charge in [-0.15, -0.1) is 5.10 Å². The summed E-state index contributed by atoms with van der Waals surface area (Å²) in [6.45, 7) is 6.21. The number of rotatable bonds is 9. The van der Waals surface area contributed by atoms with Crippen LogP contribution >= 0.6 is 23.4 Å². The Morgan fingerprint density at radius 2 is 2.00 bits per heavy atom. The number of fused-ring (bicyclic) bond motifs is 1. The van der Waals surface area contributed by atoms with E-state index in [2.05, 4.69) is 15.4 Å². The minimum atomic E-state index is -0.546. The number of thioether (sulfide) groups is 1. The zero-order valence-electron chi connectivity index (χ0n) is 20.0. The lowest BCUT2D eigenvalue weighted by Gasteiger charge is -2.28. The van der Waals surface area contributed by atoms with Crippen molar-refractivity contribution in [3.8, 4) is 11.5 Å². The van der Waals surface area contributed by atoms with Crippen LogP contribution in [0.4, 0.5) is 5.95 Å². The molecule has 1 aromatic heterocycles. The molecule has 0 fully saturated rings. The van der Waals surface area contributed by atoms with Crippen molar-refractivity contribution in [1.29, 1.82) is 0 Å². The molecule has 1 aliphatic rings. The highest BCUT2D eigenvalue weighted by Gasteiger charge is 2.35. The van der Waals surface area contributed by atoms with Gasteiger partial charge >= 0.3 is 5.97 Å². The van der Waals surface area contributed by atoms with Crippen LogP contribution in [0.3, 0.4) is 0 Å². The van der Waals surface area contributed by atoms with Gasteiger partial charge in [-0.2, -0.15) is 4.98 Å². The molecule has 0 saturated heterocycles. The van der Waals surface area contributed by atoms with Gasteiger partial charge < -0.3 is 19.5 Å². The van der Waals surface area contributed by atoms with E-state index >= 15 is 0 Å². The summed E-state index contributed by atoms with van der Waals surface area (Å²) >= 11 is 7.79. The Kier molecular flexibility index (Phi) is 7.87. The van der Waals surface area contributed by atoms with Gasteiger partial charge in [0.15, 0.2) is 11.5 Å². The zero-order valence-corrected chi connectivity index (χ0v) is 21.6. The second-order valence-electron chi connectivity index (χ2n) is 7.67. The van der Waals surface area contributed by atoms with Crippen LogP contribution in [-0.4, -0.2) is 40.2 Å². The van der Waals surface area contributed by atoms with E-state index in [0.29, 0.717) is 45.5 Å². The Labute approximate surface area is 213 Å². The van der Waals surface area contributed by atoms with Gasteiger partial charge in [0.1, 0.15) is 12.6 Å². The molecule has 0 radical (unpaired) electrons. The molecule has 184 valence electrons. The number of methoxy groups -OCH3 is 1. The highest BCUT2D eigenvalue weighted by atomic mass is 35.5. The minimum absolute atomic E-state index is 0.266. The number of anilines is 1. The van der Waals surface area contributed by atoms with Crippen LogP contribution in [0.5, 0.6) is 11.5 Å². The molecule has 0 spiro atoms. The summed E-state index contributed by atoms with van der Waals surface area (Å²) in [4.78, 5) is 17.6. The number of hydrogen-bond acceptors (Lipinski definition) is 8. The topological polar surface area (TPSA) is 87.5 Å². The first-order chi connectivity index (χ1) is 17.0. The molecule has 8 nitrogen and oxygen atoms in total. The molecule has 1 atom stereocenters. The van der Waals surface area contributed by atoms with E-state index in [-0.39, 0.29) is 6.61 Å². The maximum absolute atomic E-state index is 13.0. The molecular weight excluding hydrogens is 488 g/mol. The summed E-state index contributed by atoms with van der Waals surface area (Å²) in [6.07, 6.45) is 0. The number of ether oxygens (including phenoxy) is 3. The number of carbonyl (C=O) groups excluding carboxylic acids is 1. The quantitative estimate of drug-likeness (QED) is 0.296. The Morgan fingerprint density at radius 3 is 2.71 bits per heavy atom. The standard InChI is InChI=1S/C25H27ClN4O4S/c1-5-33-23(31)21-15(3)27-24-28-25(35-6-2)29-30(24)22(21)16-11-12-19(20(13-16)32-4)34-14-17-9-7-8-10-18(17)26/h7-13,22H,5-6,14H2,1-4H3,(H,27,28,29). The Morgan fingerprint density at radius 1 is 1.20 bits per heavy atom. The first kappa shape index (κ1) is 24.9. The van der Waals surface area contributed by atoms with E-state index in [1.165, 1.54) is 11.8 Å². The number of hydrogen-bond donors (Lipinski definition) is 1. The maximum atomic E-state index is 13.0. The Balaban J connectivity index is 1.72. The highest BCUT2D eigenvalue weighted by molar-refractivity contribution is 7.99. The van der Waals surface area contributed by atoms with Gasteiger partial charge in [-0.05, 0) is 43.4 Å². The van der Waals surface area contributed by atoms with Gasteiger partial charge in [-0.25, -0.2) is 9.48 Å². The SMILES string of the molecule is CCOC(=O)C1=C(C)Nc2nc(SCC)nn2C1c1ccc(OCc2ccccc2Cl)c(OC)c1. The molecule has 0 aliphatic carbocycles. The number of nitrogens with zero attached hydrogens (tertiary/aromatic N) is 3. The third-order valence-corrected chi connectivity index (χ3v) is 6.53. The normalized spacial score (nSPS) is 14.8. The zero-order chi connectivity index (χ0) is 24.9. The van der Waals surface area contributed by atoms with Crippen LogP contribution in [0.25, 0.3) is 0 Å². The minimum Gasteiger partial charge on any atom is -0.493 e. The van der Waals surface area contributed by atoms with Crippen molar-refractivity contribution in [2.24, 2.45) is 0 Å². The lowest BCUT2D eigenvalue weighted by Crippen LogP contribution is -2.29. The van der Waals surface area contributed by atoms with Crippen LogP contribution < -0.4 is 14.8 Å². The molecule has 10 heteroatoms. The smallest absolute Gasteiger partial charge is 0.338 e. The van der Waals surface area contributed by atoms with Crippen LogP contribution in [0.1, 0.15) is 37.9 Å². The van der Waals surface area contributed by atoms with Crippen molar-refractivity contribution in [3.63, 3.8) is 0 Å². The number of nitrogens with one attached hydrogen (secondary N) is 1. The van der Waals surface area contributed by atoms with Crippen LogP contribution in [-0.2, 0) is 16.1 Å². The van der Waals surface area contributed by atoms with Crippen molar-refractivity contribution >= 4 is 35.3 Å². The molecule has 0 amide bonds. The molecule has 2 aromatic carbocycles. The summed E-state index contributed by atoms with van der Waals surface area (Å²) in [6, 6.07) is 12.5. The van der Waals surface area contributed by atoms with E-state index in [0.717, 1.165) is 16.9 Å². The largest absolute Gasteiger partial charge is 0.493 e. The van der Waals surface area contributed by atoms with E-state index < -0.39 is 12.0 Å². The highest BCUT2D eigenvalue weighted by Crippen LogP contribution is 2.40. The van der Waals surface area contributed by atoms with Crippen LogP contribution in [0.15, 0.2) is 58.9 Å². The molecule has 1 N–H and O–H groups in total. The van der Waals surface area contributed by atoms with E-state index in [9.17, 15) is 4.79 Å². The van der Waals surface area contributed by atoms with Crippen molar-refractivity contribution in [2.45, 2.75) is 38.6 Å². The number of benzene rings is 2. The predicted octanol–water partition coefficient (Wildman–Crippen LogP) is 5.48. The second kappa shape index (κ2) is 11.0. The summed E-state index contributed by atoms with van der Waals surface area (Å²) in [7, 11) is 1.58. The van der Waals surface area contributed by atoms with Crippen molar-refractivity contribution < 1.29 is 19.0 Å². The maximum Gasteiger partial charge on any atom is 0.338 e. The van der Waals surface area contributed by atoms with Crippen LogP contribution in [0.2, 0.25) is 5.02 Å². The van der Waals surface area contributed by atoms with E-state index in [4.69, 9.17) is 25.8 Å². The third kappa shape index (κ3) is 5.26. The average molecular weight is 515 g/mol. The summed E-state index contributed by atoms with van der Waals surface area (Å²) in [5.74, 6) is 2.07. The summed E-state index contributed by atoms with van der Waals surface area (Å²) < 4.78 is 18.8. The number of esters is 1. The van der Waals surface area contributed by atoms with Crippen LogP contribution in [0, 0.1) is 0 Å². The Hall–Kier alpha value is -3.17. The predicted molar refractivity (Wildman–Crippen MR) is 136 cm³/mol. The van der Waals surface area contributed by atoms with Crippen molar-refractivity contribution in [2.75, 3.05) is 24.8 Å². The van der Waals surface area contributed by atoms with Gasteiger partial charge in [0.2, 0.25) is 11.1 Å². The molecule has 4 rings (SSSR count). The third-order valence-electron chi connectivity index (χ3n) is 5.45. The number of allylic oxidation sites excluding steroid dienone is 1. The number of halogens is 1. The van der Waals surface area contributed by atoms with Crippen molar-refractivity contribution in [1.82, 2.24) is 14.8 Å². The van der Waals surface area contributed by atoms with Gasteiger partial charge in [0.25, 0.3) is 0 Å². The fourth-order valence-electron chi connectivity index (χ4n) is 3.85. The first-order valence-corrected chi connectivity index (χ1v) is 12.6. The van der Waals surface area contributed by atoms with E-state index in [1.807, 2.05) is 56.3 Å². The fourth-order valence-corrected chi connectivity index (χ4v) is 4.59. The van der Waals surface area contributed by atoms with E-state index in [1.54, 1.807) is 18.7 Å². The molecule has 1 aliphatic heterocycles. The molecular formula is C25H27ClN4O4S. The summed E-state index contributed by atoms with van der Waals surface area (Å²) in [5, 5.41) is 9.13. The second-order valence-corrected chi connectivity index (χ2v) is 9.31. The summed E-state index contributed by atoms with van der Waals surface area (Å²) in [5.41, 5.74) is 2.79. The molecule has 0 bridgehead atoms. The number of aromatic nitrogens is 3. The molecule has 0 saturated carbocycles. The lowest BCUT2D eigenvalue weighted by atomic mass is 9.95. The number of carbonyl (C=O) groups is 1. The Bertz CT molecular complexity index is 1260. The fraction of sp³-hybridized carbons (Fsp3) is 0.320. The molecule has 2 heterocycles. The van der Waals surface area contributed by atoms with Gasteiger partial charge in [0, 0.05) is 16.3 Å². The molecule has 1 unspecified atom stereocenters. The first-order valence-electron chi connectivity index (χ1n) is 11.2. The molecule has 3 aromatic rings. The average Bonchev–Trinajstić information content (AvgIpc) is 3.24. The lowest BCUT2D eigenvalue weighted by molar-refractivity contribution is -0.139. The monoisotopic (exact) mass is 514 g/mol. The van der Waals surface area contributed by atoms with Crippen molar-refractivity contribution in [3.05, 3.63) is 69.9 Å². The van der Waals surface area contributed by atoms with Gasteiger partial charge in [0.05, 0.1) is 19.3 Å². The molecule has 35 heavy (non-hydrogen) atoms. The van der Waals surface area contributed by atoms with Gasteiger partial charge in [-0.3, -0.25) is 0 Å². The van der Waals surface area contributed by atoms with Gasteiger partial charge in [-0.1, -0.05) is 54.6 Å².